The zero-order chi connectivity index (χ0) is 14.8. The van der Waals surface area contributed by atoms with Crippen molar-refractivity contribution in [2.75, 3.05) is 19.8 Å². The Hall–Kier alpha value is -1.59. The Bertz CT molecular complexity index is 602. The molecule has 0 amide bonds. The lowest BCUT2D eigenvalue weighted by Crippen LogP contribution is -2.38. The molecule has 5 heteroatoms. The molecule has 0 saturated heterocycles. The molecular formula is C16H23N3O2. The van der Waals surface area contributed by atoms with Crippen LogP contribution in [0.3, 0.4) is 0 Å². The van der Waals surface area contributed by atoms with Gasteiger partial charge in [0.1, 0.15) is 11.5 Å². The first-order valence-electron chi connectivity index (χ1n) is 7.56. The van der Waals surface area contributed by atoms with E-state index in [1.807, 2.05) is 26.2 Å². The van der Waals surface area contributed by atoms with Crippen LogP contribution in [0, 0.1) is 6.92 Å². The lowest BCUT2D eigenvalue weighted by molar-refractivity contribution is 0.0485. The fourth-order valence-electron chi connectivity index (χ4n) is 3.06. The second-order valence-corrected chi connectivity index (χ2v) is 5.60. The molecule has 21 heavy (non-hydrogen) atoms. The van der Waals surface area contributed by atoms with Gasteiger partial charge in [0.25, 0.3) is 0 Å². The number of hydrogen-bond donors (Lipinski definition) is 0. The molecule has 1 aliphatic rings. The SMILES string of the molecule is CCOC[C@H]1c2c(ncn2C)CCN1Cc1ccc(C)o1. The second-order valence-electron chi connectivity index (χ2n) is 5.60. The quantitative estimate of drug-likeness (QED) is 0.848. The van der Waals surface area contributed by atoms with Crippen LogP contribution in [0.25, 0.3) is 0 Å². The molecule has 0 aromatic carbocycles. The van der Waals surface area contributed by atoms with Gasteiger partial charge in [-0.15, -0.1) is 0 Å². The van der Waals surface area contributed by atoms with Gasteiger partial charge in [0.2, 0.25) is 0 Å². The smallest absolute Gasteiger partial charge is 0.118 e. The molecule has 0 radical (unpaired) electrons. The fraction of sp³-hybridized carbons (Fsp3) is 0.562. The van der Waals surface area contributed by atoms with E-state index in [1.54, 1.807) is 0 Å². The van der Waals surface area contributed by atoms with Gasteiger partial charge in [0.15, 0.2) is 0 Å². The predicted octanol–water partition coefficient (Wildman–Crippen LogP) is 2.46. The van der Waals surface area contributed by atoms with E-state index in [0.717, 1.165) is 37.6 Å². The van der Waals surface area contributed by atoms with Gasteiger partial charge in [-0.3, -0.25) is 4.90 Å². The van der Waals surface area contributed by atoms with E-state index >= 15 is 0 Å². The summed E-state index contributed by atoms with van der Waals surface area (Å²) in [6.07, 6.45) is 2.89. The first kappa shape index (κ1) is 14.4. The van der Waals surface area contributed by atoms with Crippen molar-refractivity contribution >= 4 is 0 Å². The normalized spacial score (nSPS) is 18.9. The number of furan rings is 1. The summed E-state index contributed by atoms with van der Waals surface area (Å²) in [7, 11) is 2.06. The maximum atomic E-state index is 5.73. The van der Waals surface area contributed by atoms with Crippen molar-refractivity contribution < 1.29 is 9.15 Å². The van der Waals surface area contributed by atoms with Crippen molar-refractivity contribution in [3.63, 3.8) is 0 Å². The van der Waals surface area contributed by atoms with Crippen LogP contribution < -0.4 is 0 Å². The van der Waals surface area contributed by atoms with Crippen LogP contribution in [-0.4, -0.2) is 34.2 Å². The van der Waals surface area contributed by atoms with Gasteiger partial charge in [-0.25, -0.2) is 4.98 Å². The van der Waals surface area contributed by atoms with Gasteiger partial charge in [-0.05, 0) is 26.0 Å². The van der Waals surface area contributed by atoms with Crippen LogP contribution in [0.1, 0.15) is 35.9 Å². The number of aromatic nitrogens is 2. The van der Waals surface area contributed by atoms with Crippen molar-refractivity contribution in [1.29, 1.82) is 0 Å². The molecule has 1 atom stereocenters. The third kappa shape index (κ3) is 2.89. The van der Waals surface area contributed by atoms with E-state index in [1.165, 1.54) is 11.4 Å². The summed E-state index contributed by atoms with van der Waals surface area (Å²) in [5.41, 5.74) is 2.48. The van der Waals surface area contributed by atoms with E-state index < -0.39 is 0 Å². The number of nitrogens with zero attached hydrogens (tertiary/aromatic N) is 3. The maximum Gasteiger partial charge on any atom is 0.118 e. The van der Waals surface area contributed by atoms with Crippen LogP contribution in [0.15, 0.2) is 22.9 Å². The van der Waals surface area contributed by atoms with Crippen LogP contribution in [0.2, 0.25) is 0 Å². The molecule has 1 aliphatic heterocycles. The molecule has 0 aliphatic carbocycles. The van der Waals surface area contributed by atoms with Gasteiger partial charge in [-0.1, -0.05) is 0 Å². The van der Waals surface area contributed by atoms with E-state index in [2.05, 4.69) is 27.6 Å². The molecule has 2 aromatic rings. The van der Waals surface area contributed by atoms with Crippen LogP contribution in [-0.2, 0) is 24.8 Å². The van der Waals surface area contributed by atoms with Gasteiger partial charge in [0.05, 0.1) is 36.9 Å². The molecule has 0 N–H and O–H groups in total. The average Bonchev–Trinajstić information content (AvgIpc) is 3.04. The highest BCUT2D eigenvalue weighted by molar-refractivity contribution is 5.22. The van der Waals surface area contributed by atoms with Gasteiger partial charge >= 0.3 is 0 Å². The Labute approximate surface area is 125 Å². The van der Waals surface area contributed by atoms with Crippen LogP contribution in [0.4, 0.5) is 0 Å². The molecule has 114 valence electrons. The summed E-state index contributed by atoms with van der Waals surface area (Å²) in [5, 5.41) is 0. The zero-order valence-electron chi connectivity index (χ0n) is 13.0. The average molecular weight is 289 g/mol. The summed E-state index contributed by atoms with van der Waals surface area (Å²) in [4.78, 5) is 6.95. The van der Waals surface area contributed by atoms with E-state index in [4.69, 9.17) is 9.15 Å². The first-order chi connectivity index (χ1) is 10.2. The fourth-order valence-corrected chi connectivity index (χ4v) is 3.06. The van der Waals surface area contributed by atoms with Crippen LogP contribution in [0.5, 0.6) is 0 Å². The number of aryl methyl sites for hydroxylation is 2. The summed E-state index contributed by atoms with van der Waals surface area (Å²) in [6.45, 7) is 7.25. The number of ether oxygens (including phenoxy) is 1. The van der Waals surface area contributed by atoms with Gasteiger partial charge in [0, 0.05) is 26.6 Å². The highest BCUT2D eigenvalue weighted by Crippen LogP contribution is 2.30. The minimum atomic E-state index is 0.242. The minimum Gasteiger partial charge on any atom is -0.465 e. The summed E-state index contributed by atoms with van der Waals surface area (Å²) >= 11 is 0. The molecule has 2 aromatic heterocycles. The van der Waals surface area contributed by atoms with Crippen molar-refractivity contribution in [3.05, 3.63) is 41.4 Å². The largest absolute Gasteiger partial charge is 0.465 e. The number of rotatable bonds is 5. The van der Waals surface area contributed by atoms with E-state index in [9.17, 15) is 0 Å². The molecule has 0 unspecified atom stereocenters. The first-order valence-corrected chi connectivity index (χ1v) is 7.56. The highest BCUT2D eigenvalue weighted by atomic mass is 16.5. The molecule has 0 fully saturated rings. The van der Waals surface area contributed by atoms with Crippen LogP contribution >= 0.6 is 0 Å². The number of fused-ring (bicyclic) bond motifs is 1. The summed E-state index contributed by atoms with van der Waals surface area (Å²) in [5.74, 6) is 1.98. The molecule has 0 bridgehead atoms. The lowest BCUT2D eigenvalue weighted by Gasteiger charge is -2.35. The van der Waals surface area contributed by atoms with Gasteiger partial charge in [-0.2, -0.15) is 0 Å². The van der Waals surface area contributed by atoms with Gasteiger partial charge < -0.3 is 13.7 Å². The standard InChI is InChI=1S/C16H23N3O2/c1-4-20-10-15-16-14(17-11-18(16)3)7-8-19(15)9-13-6-5-12(2)21-13/h5-6,11,15H,4,7-10H2,1-3H3/t15-/m0/s1. The lowest BCUT2D eigenvalue weighted by atomic mass is 10.0. The third-order valence-corrected chi connectivity index (χ3v) is 4.09. The third-order valence-electron chi connectivity index (χ3n) is 4.09. The van der Waals surface area contributed by atoms with Crippen molar-refractivity contribution in [1.82, 2.24) is 14.5 Å². The molecule has 0 saturated carbocycles. The molecular weight excluding hydrogens is 266 g/mol. The second kappa shape index (κ2) is 6.03. The van der Waals surface area contributed by atoms with E-state index in [0.29, 0.717) is 6.61 Å². The van der Waals surface area contributed by atoms with Crippen molar-refractivity contribution in [2.24, 2.45) is 7.05 Å². The minimum absolute atomic E-state index is 0.242. The Balaban J connectivity index is 1.83. The van der Waals surface area contributed by atoms with Crippen molar-refractivity contribution in [2.45, 2.75) is 32.9 Å². The molecule has 5 nitrogen and oxygen atoms in total. The Morgan fingerprint density at radius 1 is 1.43 bits per heavy atom. The number of imidazole rings is 1. The molecule has 3 rings (SSSR count). The zero-order valence-corrected chi connectivity index (χ0v) is 13.0. The number of hydrogen-bond acceptors (Lipinski definition) is 4. The van der Waals surface area contributed by atoms with Crippen molar-refractivity contribution in [3.8, 4) is 0 Å². The topological polar surface area (TPSA) is 43.4 Å². The molecule has 3 heterocycles. The predicted molar refractivity (Wildman–Crippen MR) is 80.0 cm³/mol. The Kier molecular flexibility index (Phi) is 4.12. The Morgan fingerprint density at radius 3 is 3.00 bits per heavy atom. The Morgan fingerprint density at radius 2 is 2.29 bits per heavy atom. The highest BCUT2D eigenvalue weighted by Gasteiger charge is 2.31. The monoisotopic (exact) mass is 289 g/mol. The molecule has 0 spiro atoms. The summed E-state index contributed by atoms with van der Waals surface area (Å²) < 4.78 is 13.6. The van der Waals surface area contributed by atoms with E-state index in [-0.39, 0.29) is 6.04 Å². The maximum absolute atomic E-state index is 5.73. The summed E-state index contributed by atoms with van der Waals surface area (Å²) in [6, 6.07) is 4.32.